The van der Waals surface area contributed by atoms with Crippen LogP contribution < -0.4 is 4.74 Å². The van der Waals surface area contributed by atoms with E-state index in [-0.39, 0.29) is 31.0 Å². The van der Waals surface area contributed by atoms with Gasteiger partial charge in [-0.05, 0) is 31.6 Å². The number of rotatable bonds is 6. The van der Waals surface area contributed by atoms with E-state index in [0.717, 1.165) is 18.2 Å². The van der Waals surface area contributed by atoms with Crippen molar-refractivity contribution in [2.24, 2.45) is 5.41 Å². The van der Waals surface area contributed by atoms with Crippen LogP contribution in [0.5, 0.6) is 5.75 Å². The van der Waals surface area contributed by atoms with Gasteiger partial charge in [0.1, 0.15) is 18.3 Å². The molecule has 4 nitrogen and oxygen atoms in total. The van der Waals surface area contributed by atoms with Crippen molar-refractivity contribution in [2.45, 2.75) is 13.3 Å². The summed E-state index contributed by atoms with van der Waals surface area (Å²) in [5, 5.41) is 0. The SMILES string of the molecule is COCCOc1ccc(F)c(C2=C(F)C=CC(C)(C(=O)OC)C2)c1F. The second-order valence-electron chi connectivity index (χ2n) is 5.82. The van der Waals surface area contributed by atoms with Gasteiger partial charge in [-0.1, -0.05) is 6.08 Å². The van der Waals surface area contributed by atoms with E-state index in [1.165, 1.54) is 27.2 Å². The zero-order valence-electron chi connectivity index (χ0n) is 14.2. The minimum Gasteiger partial charge on any atom is -0.488 e. The third kappa shape index (κ3) is 3.87. The van der Waals surface area contributed by atoms with E-state index in [2.05, 4.69) is 0 Å². The van der Waals surface area contributed by atoms with Crippen LogP contribution in [-0.4, -0.2) is 33.4 Å². The van der Waals surface area contributed by atoms with Gasteiger partial charge in [0.25, 0.3) is 0 Å². The Morgan fingerprint density at radius 3 is 2.56 bits per heavy atom. The first-order chi connectivity index (χ1) is 11.8. The molecule has 7 heteroatoms. The Hall–Kier alpha value is -2.28. The van der Waals surface area contributed by atoms with Crippen LogP contribution in [-0.2, 0) is 14.3 Å². The van der Waals surface area contributed by atoms with Crippen LogP contribution in [0.1, 0.15) is 18.9 Å². The second-order valence-corrected chi connectivity index (χ2v) is 5.82. The number of hydrogen-bond donors (Lipinski definition) is 0. The van der Waals surface area contributed by atoms with Gasteiger partial charge in [-0.2, -0.15) is 0 Å². The highest BCUT2D eigenvalue weighted by Crippen LogP contribution is 2.43. The Morgan fingerprint density at radius 2 is 1.92 bits per heavy atom. The maximum atomic E-state index is 14.7. The Morgan fingerprint density at radius 1 is 1.20 bits per heavy atom. The average Bonchev–Trinajstić information content (AvgIpc) is 2.59. The van der Waals surface area contributed by atoms with Crippen molar-refractivity contribution in [2.75, 3.05) is 27.4 Å². The van der Waals surface area contributed by atoms with Crippen LogP contribution in [0.15, 0.2) is 30.1 Å². The monoisotopic (exact) mass is 356 g/mol. The summed E-state index contributed by atoms with van der Waals surface area (Å²) in [6, 6.07) is 2.12. The zero-order valence-corrected chi connectivity index (χ0v) is 14.2. The fourth-order valence-electron chi connectivity index (χ4n) is 2.61. The molecule has 1 aromatic carbocycles. The molecule has 0 radical (unpaired) electrons. The predicted molar refractivity (Wildman–Crippen MR) is 85.6 cm³/mol. The summed E-state index contributed by atoms with van der Waals surface area (Å²) in [6.45, 7) is 1.78. The van der Waals surface area contributed by atoms with E-state index in [0.29, 0.717) is 0 Å². The first kappa shape index (κ1) is 19.1. The lowest BCUT2D eigenvalue weighted by Crippen LogP contribution is -2.29. The summed E-state index contributed by atoms with van der Waals surface area (Å²) in [5.41, 5.74) is -2.01. The van der Waals surface area contributed by atoms with Crippen LogP contribution in [0.4, 0.5) is 13.2 Å². The largest absolute Gasteiger partial charge is 0.488 e. The Labute approximate surface area is 143 Å². The van der Waals surface area contributed by atoms with Crippen LogP contribution in [0.25, 0.3) is 5.57 Å². The summed E-state index contributed by atoms with van der Waals surface area (Å²) < 4.78 is 57.9. The van der Waals surface area contributed by atoms with Crippen molar-refractivity contribution in [1.82, 2.24) is 0 Å². The first-order valence-electron chi connectivity index (χ1n) is 7.60. The molecule has 1 aliphatic rings. The van der Waals surface area contributed by atoms with Crippen LogP contribution in [0, 0.1) is 17.0 Å². The van der Waals surface area contributed by atoms with Gasteiger partial charge < -0.3 is 14.2 Å². The van der Waals surface area contributed by atoms with Crippen molar-refractivity contribution < 1.29 is 32.2 Å². The topological polar surface area (TPSA) is 44.8 Å². The Kier molecular flexibility index (Phi) is 5.89. The molecule has 0 fully saturated rings. The van der Waals surface area contributed by atoms with E-state index in [1.54, 1.807) is 0 Å². The minimum atomic E-state index is -1.22. The van der Waals surface area contributed by atoms with Gasteiger partial charge in [-0.25, -0.2) is 13.2 Å². The molecule has 0 aromatic heterocycles. The molecule has 25 heavy (non-hydrogen) atoms. The number of methoxy groups -OCH3 is 2. The summed E-state index contributed by atoms with van der Waals surface area (Å²) in [4.78, 5) is 11.9. The summed E-state index contributed by atoms with van der Waals surface area (Å²) in [5.74, 6) is -3.62. The fraction of sp³-hybridized carbons (Fsp3) is 0.389. The van der Waals surface area contributed by atoms with E-state index < -0.39 is 34.4 Å². The van der Waals surface area contributed by atoms with Crippen molar-refractivity contribution in [3.63, 3.8) is 0 Å². The Bertz CT molecular complexity index is 727. The lowest BCUT2D eigenvalue weighted by Gasteiger charge is -2.28. The van der Waals surface area contributed by atoms with Gasteiger partial charge in [-0.3, -0.25) is 4.79 Å². The number of carbonyl (C=O) groups is 1. The molecule has 136 valence electrons. The number of ether oxygens (including phenoxy) is 3. The fourth-order valence-corrected chi connectivity index (χ4v) is 2.61. The smallest absolute Gasteiger partial charge is 0.315 e. The summed E-state index contributed by atoms with van der Waals surface area (Å²) in [7, 11) is 2.65. The number of allylic oxidation sites excluding steroid dienone is 3. The maximum absolute atomic E-state index is 14.7. The van der Waals surface area contributed by atoms with Gasteiger partial charge in [0, 0.05) is 12.7 Å². The second kappa shape index (κ2) is 7.74. The van der Waals surface area contributed by atoms with E-state index >= 15 is 0 Å². The van der Waals surface area contributed by atoms with Crippen molar-refractivity contribution in [3.05, 3.63) is 47.3 Å². The molecule has 0 spiro atoms. The Balaban J connectivity index is 2.44. The quantitative estimate of drug-likeness (QED) is 0.574. The maximum Gasteiger partial charge on any atom is 0.315 e. The number of esters is 1. The molecule has 0 saturated carbocycles. The first-order valence-corrected chi connectivity index (χ1v) is 7.60. The van der Waals surface area contributed by atoms with Crippen molar-refractivity contribution >= 4 is 11.5 Å². The molecule has 2 rings (SSSR count). The van der Waals surface area contributed by atoms with Crippen molar-refractivity contribution in [1.29, 1.82) is 0 Å². The number of hydrogen-bond acceptors (Lipinski definition) is 4. The highest BCUT2D eigenvalue weighted by molar-refractivity contribution is 5.85. The average molecular weight is 356 g/mol. The number of halogens is 3. The number of carbonyl (C=O) groups excluding carboxylic acids is 1. The standard InChI is InChI=1S/C18H19F3O4/c1-18(17(22)24-3)7-6-12(19)11(10-18)15-13(20)4-5-14(16(15)21)25-9-8-23-2/h4-7H,8-10H2,1-3H3. The molecule has 0 amide bonds. The molecular formula is C18H19F3O4. The highest BCUT2D eigenvalue weighted by atomic mass is 19.1. The van der Waals surface area contributed by atoms with Crippen LogP contribution in [0.3, 0.4) is 0 Å². The molecule has 1 aliphatic carbocycles. The molecule has 0 heterocycles. The van der Waals surface area contributed by atoms with Crippen molar-refractivity contribution in [3.8, 4) is 5.75 Å². The highest BCUT2D eigenvalue weighted by Gasteiger charge is 2.38. The third-order valence-corrected chi connectivity index (χ3v) is 3.98. The predicted octanol–water partition coefficient (Wildman–Crippen LogP) is 3.81. The third-order valence-electron chi connectivity index (χ3n) is 3.98. The molecular weight excluding hydrogens is 337 g/mol. The minimum absolute atomic E-state index is 0.0554. The van der Waals surface area contributed by atoms with Gasteiger partial charge >= 0.3 is 5.97 Å². The van der Waals surface area contributed by atoms with Crippen LogP contribution >= 0.6 is 0 Å². The van der Waals surface area contributed by atoms with Crippen LogP contribution in [0.2, 0.25) is 0 Å². The molecule has 0 bridgehead atoms. The lowest BCUT2D eigenvalue weighted by atomic mass is 9.77. The lowest BCUT2D eigenvalue weighted by molar-refractivity contribution is -0.148. The van der Waals surface area contributed by atoms with E-state index in [9.17, 15) is 18.0 Å². The van der Waals surface area contributed by atoms with E-state index in [1.807, 2.05) is 0 Å². The molecule has 0 aliphatic heterocycles. The summed E-state index contributed by atoms with van der Waals surface area (Å²) in [6.07, 6.45) is 2.11. The van der Waals surface area contributed by atoms with Gasteiger partial charge in [-0.15, -0.1) is 0 Å². The molecule has 1 atom stereocenters. The molecule has 0 N–H and O–H groups in total. The molecule has 1 unspecified atom stereocenters. The summed E-state index contributed by atoms with van der Waals surface area (Å²) >= 11 is 0. The van der Waals surface area contributed by atoms with Gasteiger partial charge in [0.05, 0.1) is 24.7 Å². The number of benzene rings is 1. The van der Waals surface area contributed by atoms with E-state index in [4.69, 9.17) is 14.2 Å². The zero-order chi connectivity index (χ0) is 18.6. The van der Waals surface area contributed by atoms with Gasteiger partial charge in [0.2, 0.25) is 0 Å². The van der Waals surface area contributed by atoms with Gasteiger partial charge in [0.15, 0.2) is 11.6 Å². The molecule has 1 aromatic rings. The normalized spacial score (nSPS) is 19.9. The molecule has 0 saturated heterocycles.